The van der Waals surface area contributed by atoms with Gasteiger partial charge in [-0.3, -0.25) is 19.9 Å². The first kappa shape index (κ1) is 22.8. The molecule has 2 aromatic heterocycles. The van der Waals surface area contributed by atoms with Crippen LogP contribution in [0.5, 0.6) is 0 Å². The van der Waals surface area contributed by atoms with E-state index in [0.29, 0.717) is 17.8 Å². The fourth-order valence-electron chi connectivity index (χ4n) is 3.58. The summed E-state index contributed by atoms with van der Waals surface area (Å²) in [5.74, 6) is -1.81. The molecular formula is C25H23N5O4. The van der Waals surface area contributed by atoms with Crippen molar-refractivity contribution >= 4 is 11.9 Å². The van der Waals surface area contributed by atoms with Crippen LogP contribution in [-0.2, 0) is 11.2 Å². The van der Waals surface area contributed by atoms with Gasteiger partial charge >= 0.3 is 5.97 Å². The first-order chi connectivity index (χ1) is 16.5. The average Bonchev–Trinajstić information content (AvgIpc) is 3.36. The van der Waals surface area contributed by atoms with Crippen LogP contribution >= 0.6 is 0 Å². The van der Waals surface area contributed by atoms with Crippen LogP contribution in [0.25, 0.3) is 22.5 Å². The van der Waals surface area contributed by atoms with E-state index in [1.54, 1.807) is 6.07 Å². The van der Waals surface area contributed by atoms with Gasteiger partial charge in [0.05, 0.1) is 6.20 Å². The zero-order chi connectivity index (χ0) is 23.9. The average molecular weight is 457 g/mol. The Morgan fingerprint density at radius 2 is 1.71 bits per heavy atom. The van der Waals surface area contributed by atoms with Gasteiger partial charge in [0.25, 0.3) is 5.91 Å². The van der Waals surface area contributed by atoms with Crippen LogP contribution in [0.3, 0.4) is 0 Å². The van der Waals surface area contributed by atoms with E-state index in [1.165, 1.54) is 18.6 Å². The van der Waals surface area contributed by atoms with Gasteiger partial charge in [-0.05, 0) is 29.2 Å². The number of hydrogen-bond donors (Lipinski definition) is 4. The Bertz CT molecular complexity index is 1240. The number of nitrogens with zero attached hydrogens (tertiary/aromatic N) is 3. The van der Waals surface area contributed by atoms with Crippen molar-refractivity contribution in [1.82, 2.24) is 25.5 Å². The first-order valence-corrected chi connectivity index (χ1v) is 10.7. The molecule has 34 heavy (non-hydrogen) atoms. The van der Waals surface area contributed by atoms with Crippen LogP contribution in [0.2, 0.25) is 0 Å². The molecule has 4 N–H and O–H groups in total. The van der Waals surface area contributed by atoms with E-state index < -0.39 is 24.0 Å². The summed E-state index contributed by atoms with van der Waals surface area (Å²) < 4.78 is 0. The topological polar surface area (TPSA) is 141 Å². The molecule has 0 aliphatic rings. The van der Waals surface area contributed by atoms with Gasteiger partial charge in [-0.15, -0.1) is 0 Å². The smallest absolute Gasteiger partial charge is 0.332 e. The van der Waals surface area contributed by atoms with E-state index in [2.05, 4.69) is 25.5 Å². The van der Waals surface area contributed by atoms with Crippen LogP contribution in [-0.4, -0.2) is 54.4 Å². The summed E-state index contributed by atoms with van der Waals surface area (Å²) in [6, 6.07) is 18.6. The number of aliphatic carboxylic acids is 1. The summed E-state index contributed by atoms with van der Waals surface area (Å²) in [5, 5.41) is 28.6. The third-order valence-electron chi connectivity index (χ3n) is 5.32. The molecule has 0 unspecified atom stereocenters. The number of carbonyl (C=O) groups excluding carboxylic acids is 1. The molecule has 0 saturated carbocycles. The SMILES string of the molecule is O=C(N[C@H](Cc1ccc(-c2ccccc2)cc1)C[C@@H](O)C(=O)O)c1cc(-c2cnccn2)n[nH]1. The maximum atomic E-state index is 12.8. The van der Waals surface area contributed by atoms with E-state index in [9.17, 15) is 14.7 Å². The van der Waals surface area contributed by atoms with Gasteiger partial charge in [-0.25, -0.2) is 4.79 Å². The van der Waals surface area contributed by atoms with Crippen molar-refractivity contribution < 1.29 is 19.8 Å². The Morgan fingerprint density at radius 1 is 0.971 bits per heavy atom. The summed E-state index contributed by atoms with van der Waals surface area (Å²) in [6.07, 6.45) is 3.18. The Labute approximate surface area is 195 Å². The number of aromatic nitrogens is 4. The summed E-state index contributed by atoms with van der Waals surface area (Å²) >= 11 is 0. The first-order valence-electron chi connectivity index (χ1n) is 10.7. The number of benzene rings is 2. The fourth-order valence-corrected chi connectivity index (χ4v) is 3.58. The lowest BCUT2D eigenvalue weighted by atomic mass is 9.97. The van der Waals surface area contributed by atoms with Crippen LogP contribution < -0.4 is 5.32 Å². The van der Waals surface area contributed by atoms with Gasteiger partial charge in [0.15, 0.2) is 6.10 Å². The van der Waals surface area contributed by atoms with Crippen LogP contribution in [0, 0.1) is 0 Å². The second kappa shape index (κ2) is 10.5. The van der Waals surface area contributed by atoms with Crippen molar-refractivity contribution in [2.75, 3.05) is 0 Å². The van der Waals surface area contributed by atoms with Crippen molar-refractivity contribution in [3.8, 4) is 22.5 Å². The Balaban J connectivity index is 1.48. The monoisotopic (exact) mass is 457 g/mol. The van der Waals surface area contributed by atoms with E-state index in [-0.39, 0.29) is 12.1 Å². The quantitative estimate of drug-likeness (QED) is 0.303. The van der Waals surface area contributed by atoms with Gasteiger partial charge in [0.2, 0.25) is 0 Å². The van der Waals surface area contributed by atoms with Crippen molar-refractivity contribution in [3.63, 3.8) is 0 Å². The van der Waals surface area contributed by atoms with E-state index in [0.717, 1.165) is 16.7 Å². The highest BCUT2D eigenvalue weighted by molar-refractivity contribution is 5.93. The molecule has 4 rings (SSSR count). The Hall–Kier alpha value is -4.37. The highest BCUT2D eigenvalue weighted by Crippen LogP contribution is 2.20. The number of carboxylic acids is 1. The Morgan fingerprint density at radius 3 is 2.38 bits per heavy atom. The Kier molecular flexibility index (Phi) is 7.04. The number of nitrogens with one attached hydrogen (secondary N) is 2. The van der Waals surface area contributed by atoms with Crippen molar-refractivity contribution in [2.45, 2.75) is 25.0 Å². The summed E-state index contributed by atoms with van der Waals surface area (Å²) in [6.45, 7) is 0. The van der Waals surface area contributed by atoms with Gasteiger partial charge in [0, 0.05) is 24.9 Å². The number of aliphatic hydroxyl groups is 1. The summed E-state index contributed by atoms with van der Waals surface area (Å²) in [5.41, 5.74) is 4.18. The van der Waals surface area contributed by atoms with Crippen molar-refractivity contribution in [2.24, 2.45) is 0 Å². The minimum atomic E-state index is -1.61. The minimum Gasteiger partial charge on any atom is -0.479 e. The molecule has 172 valence electrons. The molecule has 9 heteroatoms. The van der Waals surface area contributed by atoms with Gasteiger partial charge in [0.1, 0.15) is 17.1 Å². The predicted molar refractivity (Wildman–Crippen MR) is 125 cm³/mol. The number of hydrogen-bond acceptors (Lipinski definition) is 6. The molecule has 4 aromatic rings. The van der Waals surface area contributed by atoms with Crippen molar-refractivity contribution in [3.05, 3.63) is 90.5 Å². The third-order valence-corrected chi connectivity index (χ3v) is 5.32. The van der Waals surface area contributed by atoms with E-state index in [4.69, 9.17) is 5.11 Å². The van der Waals surface area contributed by atoms with Crippen LogP contribution in [0.1, 0.15) is 22.5 Å². The molecule has 0 aliphatic heterocycles. The van der Waals surface area contributed by atoms with E-state index >= 15 is 0 Å². The summed E-state index contributed by atoms with van der Waals surface area (Å²) in [7, 11) is 0. The van der Waals surface area contributed by atoms with Crippen LogP contribution in [0.4, 0.5) is 0 Å². The molecule has 0 radical (unpaired) electrons. The van der Waals surface area contributed by atoms with Gasteiger partial charge in [-0.2, -0.15) is 5.10 Å². The van der Waals surface area contributed by atoms with Gasteiger partial charge in [-0.1, -0.05) is 54.6 Å². The molecule has 1 amide bonds. The number of H-pyrrole nitrogens is 1. The predicted octanol–water partition coefficient (Wildman–Crippen LogP) is 2.71. The highest BCUT2D eigenvalue weighted by Gasteiger charge is 2.23. The van der Waals surface area contributed by atoms with Gasteiger partial charge < -0.3 is 15.5 Å². The molecule has 0 saturated heterocycles. The molecule has 0 spiro atoms. The number of aliphatic hydroxyl groups excluding tert-OH is 1. The number of aromatic amines is 1. The molecule has 0 aliphatic carbocycles. The van der Waals surface area contributed by atoms with E-state index in [1.807, 2.05) is 54.6 Å². The number of carbonyl (C=O) groups is 2. The summed E-state index contributed by atoms with van der Waals surface area (Å²) in [4.78, 5) is 32.2. The molecule has 2 heterocycles. The molecule has 9 nitrogen and oxygen atoms in total. The zero-order valence-corrected chi connectivity index (χ0v) is 18.1. The standard InChI is InChI=1S/C25H23N5O4/c31-23(25(33)34)13-19(12-16-6-8-18(9-7-16)17-4-2-1-3-5-17)28-24(32)21-14-20(29-30-21)22-15-26-10-11-27-22/h1-11,14-15,19,23,31H,12-13H2,(H,28,32)(H,29,30)(H,33,34)/t19-,23-/m1/s1. The molecule has 2 atom stereocenters. The molecule has 0 fully saturated rings. The van der Waals surface area contributed by atoms with Crippen LogP contribution in [0.15, 0.2) is 79.3 Å². The fraction of sp³-hybridized carbons (Fsp3) is 0.160. The molecular weight excluding hydrogens is 434 g/mol. The third kappa shape index (κ3) is 5.70. The molecule has 2 aromatic carbocycles. The number of carboxylic acid groups (broad SMARTS) is 1. The lowest BCUT2D eigenvalue weighted by molar-refractivity contribution is -0.147. The molecule has 0 bridgehead atoms. The minimum absolute atomic E-state index is 0.146. The normalized spacial score (nSPS) is 12.6. The maximum absolute atomic E-state index is 12.8. The second-order valence-electron chi connectivity index (χ2n) is 7.78. The van der Waals surface area contributed by atoms with Crippen molar-refractivity contribution in [1.29, 1.82) is 0 Å². The zero-order valence-electron chi connectivity index (χ0n) is 18.1. The largest absolute Gasteiger partial charge is 0.479 e. The maximum Gasteiger partial charge on any atom is 0.332 e. The number of amides is 1. The lowest BCUT2D eigenvalue weighted by Gasteiger charge is -2.20. The second-order valence-corrected chi connectivity index (χ2v) is 7.78. The lowest BCUT2D eigenvalue weighted by Crippen LogP contribution is -2.40. The highest BCUT2D eigenvalue weighted by atomic mass is 16.4. The number of rotatable bonds is 9.